The van der Waals surface area contributed by atoms with E-state index >= 15 is 0 Å². The third kappa shape index (κ3) is 2.42. The zero-order chi connectivity index (χ0) is 10.3. The minimum Gasteiger partial charge on any atom is -0.224 e. The van der Waals surface area contributed by atoms with Gasteiger partial charge in [0, 0.05) is 5.38 Å². The second-order valence-corrected chi connectivity index (χ2v) is 4.90. The maximum Gasteiger partial charge on any atom is 0.417 e. The van der Waals surface area contributed by atoms with Crippen molar-refractivity contribution in [3.8, 4) is 0 Å². The maximum atomic E-state index is 12.0. The first-order valence-corrected chi connectivity index (χ1v) is 5.32. The van der Waals surface area contributed by atoms with Crippen LogP contribution in [0.2, 0.25) is 0 Å². The van der Waals surface area contributed by atoms with Gasteiger partial charge >= 0.3 is 6.18 Å². The standard InChI is InChI=1S/C5H4F3NO2S2/c6-5(7,8)3-1-4(12-2-3)13(9,10)11/h1-2H,(H2,9,10,11). The Balaban J connectivity index is 3.16. The molecule has 0 aliphatic carbocycles. The number of rotatable bonds is 1. The number of hydrogen-bond acceptors (Lipinski definition) is 3. The van der Waals surface area contributed by atoms with Gasteiger partial charge in [-0.1, -0.05) is 0 Å². The Labute approximate surface area is 76.0 Å². The number of nitrogens with two attached hydrogens (primary N) is 1. The largest absolute Gasteiger partial charge is 0.417 e. The molecular weight excluding hydrogens is 227 g/mol. The summed E-state index contributed by atoms with van der Waals surface area (Å²) < 4.78 is 56.6. The highest BCUT2D eigenvalue weighted by Gasteiger charge is 2.32. The summed E-state index contributed by atoms with van der Waals surface area (Å²) in [4.78, 5) is 0. The molecule has 0 amide bonds. The van der Waals surface area contributed by atoms with E-state index in [1.54, 1.807) is 0 Å². The molecule has 0 aliphatic heterocycles. The first kappa shape index (κ1) is 10.5. The SMILES string of the molecule is NS(=O)(=O)c1cc(C(F)(F)F)cs1. The first-order chi connectivity index (χ1) is 5.71. The summed E-state index contributed by atoms with van der Waals surface area (Å²) in [5, 5.41) is 5.34. The van der Waals surface area contributed by atoms with Gasteiger partial charge < -0.3 is 0 Å². The van der Waals surface area contributed by atoms with Gasteiger partial charge in [-0.25, -0.2) is 13.6 Å². The summed E-state index contributed by atoms with van der Waals surface area (Å²) >= 11 is 0.450. The quantitative estimate of drug-likeness (QED) is 0.794. The Bertz CT molecular complexity index is 406. The Morgan fingerprint density at radius 3 is 2.15 bits per heavy atom. The van der Waals surface area contributed by atoms with Crippen LogP contribution in [0.4, 0.5) is 13.2 Å². The molecule has 0 saturated heterocycles. The van der Waals surface area contributed by atoms with Crippen molar-refractivity contribution >= 4 is 21.4 Å². The lowest BCUT2D eigenvalue weighted by atomic mass is 10.3. The lowest BCUT2D eigenvalue weighted by Crippen LogP contribution is -2.10. The molecule has 1 aromatic heterocycles. The fraction of sp³-hybridized carbons (Fsp3) is 0.200. The fourth-order valence-electron chi connectivity index (χ4n) is 0.614. The Hall–Kier alpha value is -0.600. The molecule has 8 heteroatoms. The predicted molar refractivity (Wildman–Crippen MR) is 40.7 cm³/mol. The van der Waals surface area contributed by atoms with E-state index in [4.69, 9.17) is 0 Å². The van der Waals surface area contributed by atoms with Gasteiger partial charge in [0.15, 0.2) is 0 Å². The Morgan fingerprint density at radius 1 is 1.38 bits per heavy atom. The van der Waals surface area contributed by atoms with Crippen LogP contribution in [0.15, 0.2) is 15.7 Å². The molecule has 0 atom stereocenters. The van der Waals surface area contributed by atoms with Crippen LogP contribution in [0, 0.1) is 0 Å². The monoisotopic (exact) mass is 231 g/mol. The molecule has 2 N–H and O–H groups in total. The van der Waals surface area contributed by atoms with Crippen LogP contribution in [0.3, 0.4) is 0 Å². The Kier molecular flexibility index (Phi) is 2.39. The summed E-state index contributed by atoms with van der Waals surface area (Å²) in [6, 6.07) is 0.514. The van der Waals surface area contributed by atoms with Crippen molar-refractivity contribution in [3.05, 3.63) is 17.0 Å². The molecule has 0 fully saturated rings. The molecule has 0 spiro atoms. The number of hydrogen-bond donors (Lipinski definition) is 1. The normalized spacial score (nSPS) is 13.2. The van der Waals surface area contributed by atoms with Crippen LogP contribution < -0.4 is 5.14 Å². The first-order valence-electron chi connectivity index (χ1n) is 2.90. The van der Waals surface area contributed by atoms with Crippen LogP contribution in [0.1, 0.15) is 5.56 Å². The van der Waals surface area contributed by atoms with Crippen LogP contribution >= 0.6 is 11.3 Å². The van der Waals surface area contributed by atoms with E-state index in [1.807, 2.05) is 0 Å². The summed E-state index contributed by atoms with van der Waals surface area (Å²) in [5.41, 5.74) is -0.999. The van der Waals surface area contributed by atoms with Crippen LogP contribution in [0.25, 0.3) is 0 Å². The van der Waals surface area contributed by atoms with E-state index in [0.29, 0.717) is 22.8 Å². The Morgan fingerprint density at radius 2 is 1.92 bits per heavy atom. The van der Waals surface area contributed by atoms with Crippen molar-refractivity contribution in [2.75, 3.05) is 0 Å². The highest BCUT2D eigenvalue weighted by Crippen LogP contribution is 2.33. The van der Waals surface area contributed by atoms with Crippen molar-refractivity contribution in [2.45, 2.75) is 10.4 Å². The van der Waals surface area contributed by atoms with Crippen LogP contribution in [-0.2, 0) is 16.2 Å². The van der Waals surface area contributed by atoms with Crippen LogP contribution in [0.5, 0.6) is 0 Å². The van der Waals surface area contributed by atoms with Gasteiger partial charge in [0.05, 0.1) is 5.56 Å². The average Bonchev–Trinajstić information content (AvgIpc) is 2.28. The van der Waals surface area contributed by atoms with E-state index in [-0.39, 0.29) is 0 Å². The van der Waals surface area contributed by atoms with E-state index in [1.165, 1.54) is 0 Å². The summed E-state index contributed by atoms with van der Waals surface area (Å²) in [6.07, 6.45) is -4.53. The smallest absolute Gasteiger partial charge is 0.224 e. The predicted octanol–water partition coefficient (Wildman–Crippen LogP) is 1.41. The number of primary sulfonamides is 1. The molecule has 3 nitrogen and oxygen atoms in total. The molecule has 1 aromatic rings. The topological polar surface area (TPSA) is 60.2 Å². The number of sulfonamides is 1. The average molecular weight is 231 g/mol. The zero-order valence-electron chi connectivity index (χ0n) is 6.00. The highest BCUT2D eigenvalue weighted by molar-refractivity contribution is 7.91. The van der Waals surface area contributed by atoms with E-state index in [0.717, 1.165) is 0 Å². The van der Waals surface area contributed by atoms with Gasteiger partial charge in [-0.2, -0.15) is 13.2 Å². The minimum atomic E-state index is -4.53. The van der Waals surface area contributed by atoms with Crippen molar-refractivity contribution in [1.82, 2.24) is 0 Å². The molecule has 0 aliphatic rings. The fourth-order valence-corrected chi connectivity index (χ4v) is 2.23. The van der Waals surface area contributed by atoms with Gasteiger partial charge in [0.1, 0.15) is 4.21 Å². The van der Waals surface area contributed by atoms with Crippen molar-refractivity contribution in [3.63, 3.8) is 0 Å². The molecular formula is C5H4F3NO2S2. The third-order valence-electron chi connectivity index (χ3n) is 1.18. The summed E-state index contributed by atoms with van der Waals surface area (Å²) in [5.74, 6) is 0. The van der Waals surface area contributed by atoms with E-state index in [2.05, 4.69) is 5.14 Å². The van der Waals surface area contributed by atoms with E-state index < -0.39 is 26.0 Å². The third-order valence-corrected chi connectivity index (χ3v) is 3.57. The molecule has 0 saturated carbocycles. The summed E-state index contributed by atoms with van der Waals surface area (Å²) in [6.45, 7) is 0. The number of alkyl halides is 3. The minimum absolute atomic E-state index is 0.450. The molecule has 1 heterocycles. The maximum absolute atomic E-state index is 12.0. The van der Waals surface area contributed by atoms with Gasteiger partial charge in [-0.05, 0) is 6.07 Å². The highest BCUT2D eigenvalue weighted by atomic mass is 32.2. The van der Waals surface area contributed by atoms with E-state index in [9.17, 15) is 21.6 Å². The molecule has 0 radical (unpaired) electrons. The van der Waals surface area contributed by atoms with Crippen molar-refractivity contribution < 1.29 is 21.6 Å². The van der Waals surface area contributed by atoms with Gasteiger partial charge in [0.25, 0.3) is 0 Å². The molecule has 0 bridgehead atoms. The van der Waals surface area contributed by atoms with Crippen molar-refractivity contribution in [2.24, 2.45) is 5.14 Å². The number of thiophene rings is 1. The second kappa shape index (κ2) is 2.96. The molecule has 1 rings (SSSR count). The number of halogens is 3. The molecule has 0 aromatic carbocycles. The van der Waals surface area contributed by atoms with Gasteiger partial charge in [-0.15, -0.1) is 11.3 Å². The van der Waals surface area contributed by atoms with Gasteiger partial charge in [-0.3, -0.25) is 0 Å². The van der Waals surface area contributed by atoms with Gasteiger partial charge in [0.2, 0.25) is 10.0 Å². The molecule has 13 heavy (non-hydrogen) atoms. The lowest BCUT2D eigenvalue weighted by Gasteiger charge is -2.00. The summed E-state index contributed by atoms with van der Waals surface area (Å²) in [7, 11) is -4.02. The van der Waals surface area contributed by atoms with Crippen LogP contribution in [-0.4, -0.2) is 8.42 Å². The molecule has 0 unspecified atom stereocenters. The zero-order valence-corrected chi connectivity index (χ0v) is 7.63. The second-order valence-electron chi connectivity index (χ2n) is 2.20. The lowest BCUT2D eigenvalue weighted by molar-refractivity contribution is -0.137. The van der Waals surface area contributed by atoms with Crippen molar-refractivity contribution in [1.29, 1.82) is 0 Å². The molecule has 74 valence electrons.